The maximum Gasteiger partial charge on any atom is 0.416 e. The molecule has 8 heteroatoms. The van der Waals surface area contributed by atoms with E-state index in [0.717, 1.165) is 23.1 Å². The highest BCUT2D eigenvalue weighted by molar-refractivity contribution is 5.87. The monoisotopic (exact) mass is 444 g/mol. The first-order chi connectivity index (χ1) is 15.0. The van der Waals surface area contributed by atoms with Gasteiger partial charge in [0.05, 0.1) is 5.56 Å². The van der Waals surface area contributed by atoms with Crippen molar-refractivity contribution in [2.75, 3.05) is 0 Å². The lowest BCUT2D eigenvalue weighted by Crippen LogP contribution is -2.48. The lowest BCUT2D eigenvalue weighted by Gasteiger charge is -2.39. The Hall–Kier alpha value is -3.55. The van der Waals surface area contributed by atoms with Gasteiger partial charge in [0, 0.05) is 30.0 Å². The zero-order valence-electron chi connectivity index (χ0n) is 17.2. The van der Waals surface area contributed by atoms with Crippen LogP contribution in [0.25, 0.3) is 17.0 Å². The van der Waals surface area contributed by atoms with Crippen molar-refractivity contribution >= 4 is 23.0 Å². The van der Waals surface area contributed by atoms with E-state index in [1.807, 2.05) is 6.07 Å². The number of benzene rings is 2. The lowest BCUT2D eigenvalue weighted by atomic mass is 9.90. The highest BCUT2D eigenvalue weighted by Crippen LogP contribution is 2.37. The summed E-state index contributed by atoms with van der Waals surface area (Å²) in [6, 6.07) is 10.9. The third kappa shape index (κ3) is 4.54. The fourth-order valence-electron chi connectivity index (χ4n) is 3.50. The molecular weight excluding hydrogens is 425 g/mol. The van der Waals surface area contributed by atoms with Gasteiger partial charge in [-0.3, -0.25) is 0 Å². The highest BCUT2D eigenvalue weighted by atomic mass is 19.4. The van der Waals surface area contributed by atoms with Gasteiger partial charge in [-0.05, 0) is 55.3 Å². The summed E-state index contributed by atoms with van der Waals surface area (Å²) in [6.45, 7) is 3.55. The molecule has 0 radical (unpaired) electrons. The van der Waals surface area contributed by atoms with Crippen LogP contribution in [-0.4, -0.2) is 17.7 Å². The number of rotatable bonds is 3. The molecule has 0 amide bonds. The summed E-state index contributed by atoms with van der Waals surface area (Å²) in [7, 11) is 0. The first-order valence-electron chi connectivity index (χ1n) is 9.83. The van der Waals surface area contributed by atoms with Gasteiger partial charge >= 0.3 is 17.8 Å². The Morgan fingerprint density at radius 2 is 1.84 bits per heavy atom. The Kier molecular flexibility index (Phi) is 5.32. The molecule has 0 spiro atoms. The second-order valence-electron chi connectivity index (χ2n) is 8.04. The summed E-state index contributed by atoms with van der Waals surface area (Å²) < 4.78 is 54.8. The van der Waals surface area contributed by atoms with E-state index in [1.165, 1.54) is 30.4 Å². The summed E-state index contributed by atoms with van der Waals surface area (Å²) in [4.78, 5) is 23.8. The third-order valence-corrected chi connectivity index (χ3v) is 5.26. The van der Waals surface area contributed by atoms with Gasteiger partial charge in [-0.25, -0.2) is 9.59 Å². The van der Waals surface area contributed by atoms with E-state index in [9.17, 15) is 22.8 Å². The van der Waals surface area contributed by atoms with E-state index in [2.05, 4.69) is 0 Å². The molecule has 1 aromatic heterocycles. The largest absolute Gasteiger partial charge is 0.484 e. The van der Waals surface area contributed by atoms with E-state index >= 15 is 0 Å². The van der Waals surface area contributed by atoms with Gasteiger partial charge in [0.15, 0.2) is 0 Å². The van der Waals surface area contributed by atoms with Crippen molar-refractivity contribution in [3.8, 4) is 5.75 Å². The summed E-state index contributed by atoms with van der Waals surface area (Å²) in [5.74, 6) is -0.0914. The lowest BCUT2D eigenvalue weighted by molar-refractivity contribution is -0.155. The van der Waals surface area contributed by atoms with Gasteiger partial charge in [0.2, 0.25) is 0 Å². The standard InChI is InChI=1S/C24H19F3O5/c1-23(2)20(12-16-11-15-6-10-21(28)30-18(15)13-19(16)32-23)31-22(29)9-5-14-3-7-17(8-4-14)24(25,26)27/h3-11,13,20H,12H2,1-2H3/b9-5+/t20-/m1/s1. The molecule has 0 unspecified atom stereocenters. The minimum Gasteiger partial charge on any atom is -0.484 e. The molecule has 32 heavy (non-hydrogen) atoms. The van der Waals surface area contributed by atoms with Gasteiger partial charge in [-0.1, -0.05) is 12.1 Å². The SMILES string of the molecule is CC1(C)Oc2cc3oc(=O)ccc3cc2C[C@H]1OC(=O)/C=C/c1ccc(C(F)(F)F)cc1. The molecule has 0 aliphatic carbocycles. The Bertz CT molecular complexity index is 1250. The van der Waals surface area contributed by atoms with Crippen LogP contribution in [0, 0.1) is 0 Å². The minimum atomic E-state index is -4.42. The minimum absolute atomic E-state index is 0.386. The van der Waals surface area contributed by atoms with Crippen molar-refractivity contribution in [3.63, 3.8) is 0 Å². The number of halogens is 3. The van der Waals surface area contributed by atoms with E-state index in [-0.39, 0.29) is 0 Å². The maximum atomic E-state index is 12.7. The van der Waals surface area contributed by atoms with Crippen molar-refractivity contribution in [2.45, 2.75) is 38.1 Å². The Morgan fingerprint density at radius 3 is 2.53 bits per heavy atom. The van der Waals surface area contributed by atoms with Gasteiger partial charge in [0.1, 0.15) is 23.0 Å². The quantitative estimate of drug-likeness (QED) is 0.318. The second kappa shape index (κ2) is 7.85. The van der Waals surface area contributed by atoms with Crippen LogP contribution in [0.3, 0.4) is 0 Å². The Morgan fingerprint density at radius 1 is 1.12 bits per heavy atom. The summed E-state index contributed by atoms with van der Waals surface area (Å²) in [6.07, 6.45) is -2.07. The summed E-state index contributed by atoms with van der Waals surface area (Å²) >= 11 is 0. The Labute approximate surface area is 181 Å². The van der Waals surface area contributed by atoms with Crippen LogP contribution in [0.5, 0.6) is 5.75 Å². The average Bonchev–Trinajstić information content (AvgIpc) is 2.71. The van der Waals surface area contributed by atoms with Crippen molar-refractivity contribution < 1.29 is 31.9 Å². The molecule has 1 aliphatic rings. The highest BCUT2D eigenvalue weighted by Gasteiger charge is 2.39. The number of hydrogen-bond acceptors (Lipinski definition) is 5. The molecule has 0 saturated carbocycles. The molecule has 1 atom stereocenters. The van der Waals surface area contributed by atoms with Crippen LogP contribution in [-0.2, 0) is 22.1 Å². The molecule has 2 heterocycles. The number of carbonyl (C=O) groups excluding carboxylic acids is 1. The second-order valence-corrected chi connectivity index (χ2v) is 8.04. The number of alkyl halides is 3. The number of carbonyl (C=O) groups is 1. The zero-order chi connectivity index (χ0) is 23.1. The fraction of sp³-hybridized carbons (Fsp3) is 0.250. The normalized spacial score (nSPS) is 17.7. The molecule has 0 N–H and O–H groups in total. The predicted molar refractivity (Wildman–Crippen MR) is 111 cm³/mol. The maximum absolute atomic E-state index is 12.7. The molecule has 1 aliphatic heterocycles. The average molecular weight is 444 g/mol. The van der Waals surface area contributed by atoms with Gasteiger partial charge in [-0.15, -0.1) is 0 Å². The van der Waals surface area contributed by atoms with E-state index in [1.54, 1.807) is 26.0 Å². The summed E-state index contributed by atoms with van der Waals surface area (Å²) in [5.41, 5.74) is -0.430. The molecule has 5 nitrogen and oxygen atoms in total. The van der Waals surface area contributed by atoms with Crippen molar-refractivity contribution in [2.24, 2.45) is 0 Å². The molecule has 0 saturated heterocycles. The van der Waals surface area contributed by atoms with E-state index in [0.29, 0.717) is 23.3 Å². The van der Waals surface area contributed by atoms with Crippen LogP contribution in [0.2, 0.25) is 0 Å². The molecule has 3 aromatic rings. The van der Waals surface area contributed by atoms with Crippen molar-refractivity contribution in [1.82, 2.24) is 0 Å². The number of fused-ring (bicyclic) bond motifs is 2. The zero-order valence-corrected chi connectivity index (χ0v) is 17.2. The smallest absolute Gasteiger partial charge is 0.416 e. The van der Waals surface area contributed by atoms with E-state index in [4.69, 9.17) is 13.9 Å². The van der Waals surface area contributed by atoms with Crippen LogP contribution < -0.4 is 10.4 Å². The third-order valence-electron chi connectivity index (χ3n) is 5.26. The molecule has 4 rings (SSSR count). The van der Waals surface area contributed by atoms with Crippen LogP contribution >= 0.6 is 0 Å². The number of esters is 1. The summed E-state index contributed by atoms with van der Waals surface area (Å²) in [5, 5.41) is 0.721. The molecular formula is C24H19F3O5. The fourth-order valence-corrected chi connectivity index (χ4v) is 3.50. The topological polar surface area (TPSA) is 65.7 Å². The van der Waals surface area contributed by atoms with Crippen LogP contribution in [0.15, 0.2) is 63.8 Å². The van der Waals surface area contributed by atoms with E-state index < -0.39 is 35.0 Å². The van der Waals surface area contributed by atoms with Crippen LogP contribution in [0.4, 0.5) is 13.2 Å². The Balaban J connectivity index is 1.49. The van der Waals surface area contributed by atoms with Crippen molar-refractivity contribution in [3.05, 3.63) is 81.7 Å². The molecule has 0 fully saturated rings. The predicted octanol–water partition coefficient (Wildman–Crippen LogP) is 5.15. The first kappa shape index (κ1) is 21.7. The van der Waals surface area contributed by atoms with Gasteiger partial charge < -0.3 is 13.9 Å². The number of ether oxygens (including phenoxy) is 2. The molecule has 2 aromatic carbocycles. The van der Waals surface area contributed by atoms with Crippen LogP contribution in [0.1, 0.15) is 30.5 Å². The number of hydrogen-bond donors (Lipinski definition) is 0. The molecule has 0 bridgehead atoms. The van der Waals surface area contributed by atoms with Crippen molar-refractivity contribution in [1.29, 1.82) is 0 Å². The van der Waals surface area contributed by atoms with Gasteiger partial charge in [0.25, 0.3) is 0 Å². The van der Waals surface area contributed by atoms with Gasteiger partial charge in [-0.2, -0.15) is 13.2 Å². The molecule has 166 valence electrons. The first-order valence-corrected chi connectivity index (χ1v) is 9.83.